The second kappa shape index (κ2) is 32.9. The maximum absolute atomic E-state index is 8.60. The van der Waals surface area contributed by atoms with Gasteiger partial charge in [0, 0.05) is 134 Å². The van der Waals surface area contributed by atoms with Crippen molar-refractivity contribution in [3.8, 4) is 80.1 Å². The molecule has 0 radical (unpaired) electrons. The maximum atomic E-state index is 8.60. The van der Waals surface area contributed by atoms with Crippen LogP contribution in [0.25, 0.3) is 89.5 Å². The average Bonchev–Trinajstić information content (AvgIpc) is 1.23. The lowest BCUT2D eigenvalue weighted by atomic mass is 10.0. The molecule has 16 rings (SSSR count). The Bertz CT molecular complexity index is 5520. The highest BCUT2D eigenvalue weighted by molar-refractivity contribution is 5.83. The molecule has 0 saturated carbocycles. The topological polar surface area (TPSA) is 57.0 Å². The number of anilines is 4. The molecule has 12 aromatic rings. The average molecular weight is 1440 g/mol. The van der Waals surface area contributed by atoms with Gasteiger partial charge in [-0.15, -0.1) is 12.3 Å². The van der Waals surface area contributed by atoms with Crippen LogP contribution >= 0.6 is 0 Å². The highest BCUT2D eigenvalue weighted by Gasteiger charge is 2.36. The summed E-state index contributed by atoms with van der Waals surface area (Å²) in [5.41, 5.74) is 15.9. The van der Waals surface area contributed by atoms with Crippen LogP contribution in [0, 0.1) is 19.3 Å². The van der Waals surface area contributed by atoms with Crippen molar-refractivity contribution in [2.75, 3.05) is 47.7 Å². The Labute approximate surface area is 645 Å². The summed E-state index contributed by atoms with van der Waals surface area (Å²) in [6, 6.07) is 74.2. The first kappa shape index (κ1) is 69.9. The van der Waals surface area contributed by atoms with Crippen LogP contribution in [0.5, 0.6) is 0 Å². The number of nitrogens with zero attached hydrogens (tertiary/aromatic N) is 16. The summed E-state index contributed by atoms with van der Waals surface area (Å²) in [6.45, 7) is 10.2. The number of para-hydroxylation sites is 1. The lowest BCUT2D eigenvalue weighted by Crippen LogP contribution is -2.45. The van der Waals surface area contributed by atoms with Crippen LogP contribution < -0.4 is 56.1 Å². The maximum Gasteiger partial charge on any atom is 0.283 e. The van der Waals surface area contributed by atoms with E-state index in [9.17, 15) is 0 Å². The zero-order valence-corrected chi connectivity index (χ0v) is 65.6. The molecule has 4 aliphatic rings. The molecule has 8 aromatic heterocycles. The fourth-order valence-corrected chi connectivity index (χ4v) is 14.5. The van der Waals surface area contributed by atoms with Crippen LogP contribution in [0.2, 0.25) is 0 Å². The third-order valence-corrected chi connectivity index (χ3v) is 21.3. The predicted octanol–water partition coefficient (Wildman–Crippen LogP) is 12.9. The number of pyridine rings is 8. The van der Waals surface area contributed by atoms with Gasteiger partial charge in [-0.05, 0) is 136 Å². The Morgan fingerprint density at radius 3 is 1.17 bits per heavy atom. The second-order valence-electron chi connectivity index (χ2n) is 28.0. The summed E-state index contributed by atoms with van der Waals surface area (Å²) in [6.07, 6.45) is 27.8. The molecule has 0 fully saturated rings. The van der Waals surface area contributed by atoms with E-state index >= 15 is 0 Å². The van der Waals surface area contributed by atoms with Crippen LogP contribution in [-0.4, -0.2) is 72.4 Å². The summed E-state index contributed by atoms with van der Waals surface area (Å²) in [7, 11) is 23.0. The summed E-state index contributed by atoms with van der Waals surface area (Å²) in [4.78, 5) is 16.8. The van der Waals surface area contributed by atoms with E-state index in [4.69, 9.17) is 5.48 Å². The van der Waals surface area contributed by atoms with Gasteiger partial charge in [0.15, 0.2) is 66.0 Å². The minimum absolute atomic E-state index is 0.303. The van der Waals surface area contributed by atoms with E-state index in [-0.39, 0.29) is 6.17 Å². The molecular formula is C92H106N16+8. The fraction of sp³-hybridized carbons (Fsp3) is 0.239. The van der Waals surface area contributed by atoms with Crippen molar-refractivity contribution in [3.63, 3.8) is 0 Å². The molecule has 4 aliphatic heterocycles. The van der Waals surface area contributed by atoms with Crippen LogP contribution in [0.4, 0.5) is 23.3 Å². The van der Waals surface area contributed by atoms with Gasteiger partial charge in [0.2, 0.25) is 5.52 Å². The summed E-state index contributed by atoms with van der Waals surface area (Å²) in [5, 5.41) is 3.77. The lowest BCUT2D eigenvalue weighted by molar-refractivity contribution is -0.684. The van der Waals surface area contributed by atoms with Crippen molar-refractivity contribution in [3.05, 3.63) is 292 Å². The van der Waals surface area contributed by atoms with Crippen molar-refractivity contribution >= 4 is 44.9 Å². The highest BCUT2D eigenvalue weighted by Crippen LogP contribution is 2.31. The number of terminal acetylenes is 1. The van der Waals surface area contributed by atoms with E-state index in [1.54, 1.807) is 19.3 Å². The summed E-state index contributed by atoms with van der Waals surface area (Å²) in [5.74, 6) is 6.65. The van der Waals surface area contributed by atoms with Gasteiger partial charge < -0.3 is 19.6 Å². The van der Waals surface area contributed by atoms with Gasteiger partial charge in [-0.2, -0.15) is 18.3 Å². The predicted molar refractivity (Wildman–Crippen MR) is 437 cm³/mol. The number of fused-ring (bicyclic) bond motifs is 2. The van der Waals surface area contributed by atoms with Crippen LogP contribution in [0.3, 0.4) is 0 Å². The minimum atomic E-state index is -2.19. The molecule has 0 spiro atoms. The molecule has 0 amide bonds. The molecule has 0 saturated heterocycles. The molecule has 546 valence electrons. The number of hydrogen-bond acceptors (Lipinski definition) is 8. The zero-order chi connectivity index (χ0) is 80.0. The number of aromatic nitrogens is 8. The smallest absolute Gasteiger partial charge is 0.283 e. The zero-order valence-electron chi connectivity index (χ0n) is 69.6. The van der Waals surface area contributed by atoms with Crippen LogP contribution in [0.1, 0.15) is 45.7 Å². The van der Waals surface area contributed by atoms with E-state index < -0.39 is 6.98 Å². The molecule has 12 heterocycles. The SMILES string of the molecule is C#CC.C[C@H]1N(C)C=CN1c1cccc(-c2cc3ccccc3c[n+]2C)[n+]1C.C[C@H]1N(C)C=CN1c1cccc(-c2ccc3ccccc3[n+]2C)[n+]1C.Cc1cc(-c2cccc(N3C=CN(C)[C@@H]3C)[n+]2C)[n+](C)cc1-c1ccccc1.[2H]c1cc(-c2cccc(N3C=CN(C([2H])([2H])[2H])[C@@H]3C)[n+]2C)[n+](C)cc1-c1ccccc1. The van der Waals surface area contributed by atoms with E-state index in [0.717, 1.165) is 28.3 Å². The number of aryl methyl sites for hydroxylation is 5. The molecule has 4 aromatic carbocycles. The Morgan fingerprint density at radius 2 is 0.713 bits per heavy atom. The van der Waals surface area contributed by atoms with Gasteiger partial charge in [0.05, 0.1) is 29.6 Å². The Hall–Kier alpha value is -12.5. The van der Waals surface area contributed by atoms with E-state index in [1.807, 2.05) is 95.8 Å². The van der Waals surface area contributed by atoms with Crippen molar-refractivity contribution in [1.82, 2.24) is 19.6 Å². The van der Waals surface area contributed by atoms with Gasteiger partial charge in [-0.25, -0.2) is 37.9 Å². The highest BCUT2D eigenvalue weighted by atomic mass is 15.4. The molecule has 0 bridgehead atoms. The monoisotopic (exact) mass is 1440 g/mol. The Balaban J connectivity index is 0.000000137. The molecule has 16 nitrogen and oxygen atoms in total. The van der Waals surface area contributed by atoms with Crippen molar-refractivity contribution in [2.45, 2.75) is 66.2 Å². The van der Waals surface area contributed by atoms with E-state index in [1.165, 1.54) is 94.9 Å². The standard InChI is InChI=1S/C24H28N4.C23H26N4.2C21H24N4.C3H4/c1-18-16-23(26(4)17-21(18)20-10-7-6-8-11-20)22-12-9-13-24(27(22)5)28-15-14-25(3)19(28)2;1-18-24(2)15-16-27(18)23-12-8-11-22(26(23)4)21-14-13-20(17-25(21)3)19-9-6-5-7-10-19;1-16-22(2)12-13-25(16)21-11-7-10-19(24(21)4)20-14-17-8-5-6-9-18(17)15-23(20)3;1-16-22(2)14-15-25(16)21-11-7-10-19(24(21)4)20-13-12-17-8-5-6-9-18(17)23(20)3;1-3-2/h6-17,19H,1-5H3;5-18H,1-4H3;2*5-16H,1-4H3;1H,2H3/q4*+2;/t19-;18-;2*16-;/m0000./s1/i;2D3,13D;;;. The number of rotatable bonds is 10. The van der Waals surface area contributed by atoms with Crippen LogP contribution in [-0.2, 0) is 56.4 Å². The Morgan fingerprint density at radius 1 is 0.343 bits per heavy atom. The molecular weight excluding hydrogens is 1330 g/mol. The third-order valence-electron chi connectivity index (χ3n) is 21.3. The van der Waals surface area contributed by atoms with Gasteiger partial charge >= 0.3 is 0 Å². The summed E-state index contributed by atoms with van der Waals surface area (Å²) >= 11 is 0. The van der Waals surface area contributed by atoms with E-state index in [2.05, 4.69) is 368 Å². The van der Waals surface area contributed by atoms with Crippen molar-refractivity contribution in [1.29, 1.82) is 0 Å². The summed E-state index contributed by atoms with van der Waals surface area (Å²) < 4.78 is 49.4. The van der Waals surface area contributed by atoms with Crippen LogP contribution in [0.15, 0.2) is 287 Å². The lowest BCUT2D eigenvalue weighted by Gasteiger charge is -2.21. The Kier molecular flexibility index (Phi) is 21.3. The van der Waals surface area contributed by atoms with Gasteiger partial charge in [0.25, 0.3) is 46.0 Å². The minimum Gasteiger partial charge on any atom is -0.339 e. The quantitative estimate of drug-likeness (QED) is 0.0992. The van der Waals surface area contributed by atoms with E-state index in [0.29, 0.717) is 24.5 Å². The normalized spacial score (nSPS) is 16.8. The molecule has 108 heavy (non-hydrogen) atoms. The fourth-order valence-electron chi connectivity index (χ4n) is 14.5. The third kappa shape index (κ3) is 15.5. The second-order valence-corrected chi connectivity index (χ2v) is 28.0. The molecule has 0 N–H and O–H groups in total. The van der Waals surface area contributed by atoms with Gasteiger partial charge in [-0.1, -0.05) is 91.0 Å². The van der Waals surface area contributed by atoms with Crippen molar-refractivity contribution in [2.24, 2.45) is 56.4 Å². The molecule has 4 atom stereocenters. The first-order valence-electron chi connectivity index (χ1n) is 38.7. The first-order chi connectivity index (χ1) is 53.7. The number of benzene rings is 4. The number of hydrogen-bond donors (Lipinski definition) is 0. The first-order valence-corrected chi connectivity index (χ1v) is 36.7. The van der Waals surface area contributed by atoms with Crippen molar-refractivity contribution < 1.29 is 42.0 Å². The van der Waals surface area contributed by atoms with Gasteiger partial charge in [-0.3, -0.25) is 0 Å². The van der Waals surface area contributed by atoms with Gasteiger partial charge in [0.1, 0.15) is 53.0 Å². The molecule has 16 heteroatoms. The largest absolute Gasteiger partial charge is 0.339 e. The molecule has 0 aliphatic carbocycles. The molecule has 0 unspecified atom stereocenters.